The van der Waals surface area contributed by atoms with Crippen molar-refractivity contribution in [3.05, 3.63) is 48.0 Å². The highest BCUT2D eigenvalue weighted by Crippen LogP contribution is 2.49. The molecule has 1 heteroatoms. The first kappa shape index (κ1) is 10.2. The zero-order valence-electron chi connectivity index (χ0n) is 9.25. The zero-order valence-corrected chi connectivity index (χ0v) is 10.0. The SMILES string of the molecule is ClCC1(Cc2cccc3ccccc23)CC1. The van der Waals surface area contributed by atoms with Gasteiger partial charge in [-0.3, -0.25) is 0 Å². The largest absolute Gasteiger partial charge is 0.126 e. The van der Waals surface area contributed by atoms with Gasteiger partial charge in [-0.25, -0.2) is 0 Å². The average Bonchev–Trinajstić information content (AvgIpc) is 3.10. The maximum Gasteiger partial charge on any atom is 0.0283 e. The summed E-state index contributed by atoms with van der Waals surface area (Å²) >= 11 is 6.06. The molecule has 1 aliphatic carbocycles. The number of benzene rings is 2. The molecule has 0 aromatic heterocycles. The van der Waals surface area contributed by atoms with Gasteiger partial charge in [0, 0.05) is 5.88 Å². The van der Waals surface area contributed by atoms with E-state index in [4.69, 9.17) is 11.6 Å². The highest BCUT2D eigenvalue weighted by Gasteiger charge is 2.41. The summed E-state index contributed by atoms with van der Waals surface area (Å²) in [5.74, 6) is 0.802. The van der Waals surface area contributed by atoms with Crippen LogP contribution < -0.4 is 0 Å². The van der Waals surface area contributed by atoms with Gasteiger partial charge in [0.15, 0.2) is 0 Å². The van der Waals surface area contributed by atoms with E-state index in [1.54, 1.807) is 0 Å². The number of alkyl halides is 1. The third kappa shape index (κ3) is 1.72. The topological polar surface area (TPSA) is 0 Å². The molecule has 0 spiro atoms. The van der Waals surface area contributed by atoms with Crippen molar-refractivity contribution in [1.82, 2.24) is 0 Å². The Balaban J connectivity index is 2.03. The lowest BCUT2D eigenvalue weighted by molar-refractivity contribution is 0.580. The minimum Gasteiger partial charge on any atom is -0.126 e. The van der Waals surface area contributed by atoms with Crippen LogP contribution in [0.4, 0.5) is 0 Å². The number of rotatable bonds is 3. The van der Waals surface area contributed by atoms with Crippen LogP contribution in [-0.2, 0) is 6.42 Å². The van der Waals surface area contributed by atoms with Crippen LogP contribution in [0.3, 0.4) is 0 Å². The minimum atomic E-state index is 0.408. The van der Waals surface area contributed by atoms with Crippen molar-refractivity contribution in [2.75, 3.05) is 5.88 Å². The molecule has 0 atom stereocenters. The van der Waals surface area contributed by atoms with Crippen LogP contribution in [0.5, 0.6) is 0 Å². The lowest BCUT2D eigenvalue weighted by Gasteiger charge is -2.13. The summed E-state index contributed by atoms with van der Waals surface area (Å²) in [6.07, 6.45) is 3.72. The molecule has 0 radical (unpaired) electrons. The van der Waals surface area contributed by atoms with Gasteiger partial charge in [-0.2, -0.15) is 0 Å². The van der Waals surface area contributed by atoms with Crippen LogP contribution in [0.15, 0.2) is 42.5 Å². The van der Waals surface area contributed by atoms with E-state index in [2.05, 4.69) is 42.5 Å². The Kier molecular flexibility index (Phi) is 2.40. The first-order chi connectivity index (χ1) is 7.83. The Bertz CT molecular complexity index is 506. The van der Waals surface area contributed by atoms with Crippen LogP contribution in [0.25, 0.3) is 10.8 Å². The molecule has 0 amide bonds. The molecule has 3 rings (SSSR count). The van der Waals surface area contributed by atoms with Gasteiger partial charge in [0.2, 0.25) is 0 Å². The monoisotopic (exact) mass is 230 g/mol. The number of hydrogen-bond acceptors (Lipinski definition) is 0. The van der Waals surface area contributed by atoms with E-state index in [0.29, 0.717) is 5.41 Å². The van der Waals surface area contributed by atoms with Gasteiger partial charge in [-0.15, -0.1) is 11.6 Å². The van der Waals surface area contributed by atoms with Crippen LogP contribution in [-0.4, -0.2) is 5.88 Å². The summed E-state index contributed by atoms with van der Waals surface area (Å²) in [6.45, 7) is 0. The smallest absolute Gasteiger partial charge is 0.0283 e. The molecule has 1 saturated carbocycles. The average molecular weight is 231 g/mol. The van der Waals surface area contributed by atoms with Crippen molar-refractivity contribution in [3.8, 4) is 0 Å². The van der Waals surface area contributed by atoms with Crippen molar-refractivity contribution in [2.24, 2.45) is 5.41 Å². The van der Waals surface area contributed by atoms with E-state index in [9.17, 15) is 0 Å². The van der Waals surface area contributed by atoms with Crippen LogP contribution >= 0.6 is 11.6 Å². The molecule has 2 aromatic rings. The van der Waals surface area contributed by atoms with E-state index >= 15 is 0 Å². The van der Waals surface area contributed by atoms with Crippen LogP contribution in [0, 0.1) is 5.41 Å². The second kappa shape index (κ2) is 3.78. The van der Waals surface area contributed by atoms with Gasteiger partial charge in [0.1, 0.15) is 0 Å². The summed E-state index contributed by atoms with van der Waals surface area (Å²) in [7, 11) is 0. The van der Waals surface area contributed by atoms with E-state index in [1.807, 2.05) is 0 Å². The lowest BCUT2D eigenvalue weighted by Crippen LogP contribution is -2.06. The van der Waals surface area contributed by atoms with Gasteiger partial charge in [0.05, 0.1) is 0 Å². The van der Waals surface area contributed by atoms with Gasteiger partial charge < -0.3 is 0 Å². The maximum atomic E-state index is 6.06. The predicted molar refractivity (Wildman–Crippen MR) is 70.0 cm³/mol. The quantitative estimate of drug-likeness (QED) is 0.686. The van der Waals surface area contributed by atoms with Crippen LogP contribution in [0.2, 0.25) is 0 Å². The van der Waals surface area contributed by atoms with E-state index in [-0.39, 0.29) is 0 Å². The molecular weight excluding hydrogens is 216 g/mol. The van der Waals surface area contributed by atoms with Crippen molar-refractivity contribution in [1.29, 1.82) is 0 Å². The zero-order chi connectivity index (χ0) is 11.0. The van der Waals surface area contributed by atoms with E-state index < -0.39 is 0 Å². The van der Waals surface area contributed by atoms with Gasteiger partial charge in [-0.05, 0) is 41.0 Å². The summed E-state index contributed by atoms with van der Waals surface area (Å²) in [5, 5.41) is 2.73. The highest BCUT2D eigenvalue weighted by atomic mass is 35.5. The highest BCUT2D eigenvalue weighted by molar-refractivity contribution is 6.18. The predicted octanol–water partition coefficient (Wildman–Crippen LogP) is 4.40. The number of halogens is 1. The molecule has 0 unspecified atom stereocenters. The Hall–Kier alpha value is -1.01. The molecule has 2 aromatic carbocycles. The fourth-order valence-corrected chi connectivity index (χ4v) is 2.75. The van der Waals surface area contributed by atoms with Crippen molar-refractivity contribution in [3.63, 3.8) is 0 Å². The molecule has 0 nitrogen and oxygen atoms in total. The molecule has 0 heterocycles. The summed E-state index contributed by atoms with van der Waals surface area (Å²) < 4.78 is 0. The van der Waals surface area contributed by atoms with E-state index in [1.165, 1.54) is 29.2 Å². The van der Waals surface area contributed by atoms with Gasteiger partial charge in [-0.1, -0.05) is 42.5 Å². The van der Waals surface area contributed by atoms with Crippen LogP contribution in [0.1, 0.15) is 18.4 Å². The summed E-state index contributed by atoms with van der Waals surface area (Å²) in [4.78, 5) is 0. The molecule has 16 heavy (non-hydrogen) atoms. The Morgan fingerprint density at radius 1 is 1.00 bits per heavy atom. The molecule has 0 saturated heterocycles. The fourth-order valence-electron chi connectivity index (χ4n) is 2.39. The first-order valence-electron chi connectivity index (χ1n) is 5.86. The van der Waals surface area contributed by atoms with Gasteiger partial charge >= 0.3 is 0 Å². The van der Waals surface area contributed by atoms with E-state index in [0.717, 1.165) is 12.3 Å². The Labute approximate surface area is 101 Å². The maximum absolute atomic E-state index is 6.06. The van der Waals surface area contributed by atoms with Gasteiger partial charge in [0.25, 0.3) is 0 Å². The lowest BCUT2D eigenvalue weighted by atomic mass is 9.94. The second-order valence-electron chi connectivity index (χ2n) is 4.95. The molecule has 0 N–H and O–H groups in total. The normalized spacial score (nSPS) is 17.6. The molecule has 1 fully saturated rings. The Morgan fingerprint density at radius 3 is 2.50 bits per heavy atom. The fraction of sp³-hybridized carbons (Fsp3) is 0.333. The van der Waals surface area contributed by atoms with Crippen molar-refractivity contribution < 1.29 is 0 Å². The number of hydrogen-bond donors (Lipinski definition) is 0. The minimum absolute atomic E-state index is 0.408. The molecular formula is C15H15Cl. The third-order valence-electron chi connectivity index (χ3n) is 3.69. The first-order valence-corrected chi connectivity index (χ1v) is 6.39. The number of fused-ring (bicyclic) bond motifs is 1. The third-order valence-corrected chi connectivity index (χ3v) is 4.25. The standard InChI is InChI=1S/C15H15Cl/c16-11-15(8-9-15)10-13-6-3-5-12-4-1-2-7-14(12)13/h1-7H,8-11H2. The molecule has 1 aliphatic rings. The second-order valence-corrected chi connectivity index (χ2v) is 5.22. The van der Waals surface area contributed by atoms with Crippen molar-refractivity contribution >= 4 is 22.4 Å². The molecule has 0 aliphatic heterocycles. The summed E-state index contributed by atoms with van der Waals surface area (Å²) in [5.41, 5.74) is 1.86. The molecule has 0 bridgehead atoms. The summed E-state index contributed by atoms with van der Waals surface area (Å²) in [6, 6.07) is 15.2. The Morgan fingerprint density at radius 2 is 1.75 bits per heavy atom. The molecule has 82 valence electrons. The van der Waals surface area contributed by atoms with Crippen molar-refractivity contribution in [2.45, 2.75) is 19.3 Å².